The van der Waals surface area contributed by atoms with Crippen LogP contribution in [0, 0.1) is 6.92 Å². The molecule has 0 fully saturated rings. The van der Waals surface area contributed by atoms with E-state index in [-0.39, 0.29) is 0 Å². The number of benzene rings is 1. The lowest BCUT2D eigenvalue weighted by atomic mass is 10.1. The first-order valence-corrected chi connectivity index (χ1v) is 5.73. The molecule has 0 bridgehead atoms. The van der Waals surface area contributed by atoms with Crippen molar-refractivity contribution in [2.75, 3.05) is 11.9 Å². The molecule has 1 aromatic heterocycles. The Labute approximate surface area is 106 Å². The maximum atomic E-state index is 10.5. The minimum atomic E-state index is 0.489. The summed E-state index contributed by atoms with van der Waals surface area (Å²) in [7, 11) is 1.93. The monoisotopic (exact) mass is 241 g/mol. The summed E-state index contributed by atoms with van der Waals surface area (Å²) in [5.41, 5.74) is 2.93. The lowest BCUT2D eigenvalue weighted by molar-refractivity contribution is 0.112. The third-order valence-corrected chi connectivity index (χ3v) is 2.64. The predicted octanol–water partition coefficient (Wildman–Crippen LogP) is 2.23. The maximum Gasteiger partial charge on any atom is 0.225 e. The lowest BCUT2D eigenvalue weighted by Gasteiger charge is -2.17. The standard InChI is InChI=1S/C14H15N3O/c1-11-4-3-5-12(6-11)9-17(2)14-15-7-13(10-18)8-16-14/h3-8,10H,9H2,1-2H3. The van der Waals surface area contributed by atoms with Crippen molar-refractivity contribution in [2.45, 2.75) is 13.5 Å². The van der Waals surface area contributed by atoms with Crippen molar-refractivity contribution in [3.05, 3.63) is 53.3 Å². The average molecular weight is 241 g/mol. The highest BCUT2D eigenvalue weighted by Crippen LogP contribution is 2.11. The summed E-state index contributed by atoms with van der Waals surface area (Å²) in [4.78, 5) is 20.8. The van der Waals surface area contributed by atoms with Crippen molar-refractivity contribution < 1.29 is 4.79 Å². The molecule has 4 nitrogen and oxygen atoms in total. The van der Waals surface area contributed by atoms with E-state index in [1.54, 1.807) is 0 Å². The molecule has 0 saturated heterocycles. The number of rotatable bonds is 4. The first kappa shape index (κ1) is 12.2. The fourth-order valence-electron chi connectivity index (χ4n) is 1.74. The van der Waals surface area contributed by atoms with Crippen LogP contribution in [0.2, 0.25) is 0 Å². The molecule has 2 rings (SSSR count). The smallest absolute Gasteiger partial charge is 0.225 e. The lowest BCUT2D eigenvalue weighted by Crippen LogP contribution is -2.19. The van der Waals surface area contributed by atoms with Gasteiger partial charge in [0.2, 0.25) is 5.95 Å². The van der Waals surface area contributed by atoms with Crippen LogP contribution in [0.15, 0.2) is 36.7 Å². The second kappa shape index (κ2) is 5.40. The van der Waals surface area contributed by atoms with E-state index < -0.39 is 0 Å². The van der Waals surface area contributed by atoms with Crippen LogP contribution in [0.3, 0.4) is 0 Å². The maximum absolute atomic E-state index is 10.5. The zero-order valence-corrected chi connectivity index (χ0v) is 10.5. The van der Waals surface area contributed by atoms with Crippen molar-refractivity contribution in [3.63, 3.8) is 0 Å². The number of nitrogens with zero attached hydrogens (tertiary/aromatic N) is 3. The van der Waals surface area contributed by atoms with Crippen molar-refractivity contribution in [1.82, 2.24) is 9.97 Å². The molecule has 2 aromatic rings. The minimum Gasteiger partial charge on any atom is -0.340 e. The fraction of sp³-hybridized carbons (Fsp3) is 0.214. The van der Waals surface area contributed by atoms with Crippen LogP contribution in [0.25, 0.3) is 0 Å². The molecule has 0 atom stereocenters. The van der Waals surface area contributed by atoms with Crippen LogP contribution < -0.4 is 4.90 Å². The van der Waals surface area contributed by atoms with Gasteiger partial charge in [0.15, 0.2) is 6.29 Å². The van der Waals surface area contributed by atoms with E-state index in [1.165, 1.54) is 23.5 Å². The Morgan fingerprint density at radius 3 is 2.61 bits per heavy atom. The van der Waals surface area contributed by atoms with E-state index in [0.717, 1.165) is 12.8 Å². The Balaban J connectivity index is 2.11. The summed E-state index contributed by atoms with van der Waals surface area (Å²) in [6.07, 6.45) is 3.80. The summed E-state index contributed by atoms with van der Waals surface area (Å²) in [5, 5.41) is 0. The molecule has 18 heavy (non-hydrogen) atoms. The molecule has 4 heteroatoms. The Morgan fingerprint density at radius 2 is 2.00 bits per heavy atom. The van der Waals surface area contributed by atoms with E-state index in [2.05, 4.69) is 35.1 Å². The van der Waals surface area contributed by atoms with E-state index in [4.69, 9.17) is 0 Å². The van der Waals surface area contributed by atoms with E-state index >= 15 is 0 Å². The highest BCUT2D eigenvalue weighted by molar-refractivity contribution is 5.73. The predicted molar refractivity (Wildman–Crippen MR) is 70.7 cm³/mol. The molecule has 0 radical (unpaired) electrons. The fourth-order valence-corrected chi connectivity index (χ4v) is 1.74. The van der Waals surface area contributed by atoms with E-state index in [9.17, 15) is 4.79 Å². The SMILES string of the molecule is Cc1cccc(CN(C)c2ncc(C=O)cn2)c1. The number of hydrogen-bond acceptors (Lipinski definition) is 4. The van der Waals surface area contributed by atoms with Crippen LogP contribution in [0.5, 0.6) is 0 Å². The molecule has 0 unspecified atom stereocenters. The van der Waals surface area contributed by atoms with Crippen molar-refractivity contribution in [1.29, 1.82) is 0 Å². The van der Waals surface area contributed by atoms with Gasteiger partial charge in [-0.2, -0.15) is 0 Å². The first-order valence-electron chi connectivity index (χ1n) is 5.73. The quantitative estimate of drug-likeness (QED) is 0.770. The summed E-state index contributed by atoms with van der Waals surface area (Å²) in [6.45, 7) is 2.81. The third kappa shape index (κ3) is 2.91. The zero-order chi connectivity index (χ0) is 13.0. The molecule has 0 aliphatic rings. The van der Waals surface area contributed by atoms with Gasteiger partial charge in [-0.25, -0.2) is 9.97 Å². The van der Waals surface area contributed by atoms with Crippen molar-refractivity contribution >= 4 is 12.2 Å². The number of carbonyl (C=O) groups is 1. The third-order valence-electron chi connectivity index (χ3n) is 2.64. The van der Waals surface area contributed by atoms with Gasteiger partial charge < -0.3 is 4.90 Å². The Morgan fingerprint density at radius 1 is 1.28 bits per heavy atom. The highest BCUT2D eigenvalue weighted by Gasteiger charge is 2.05. The van der Waals surface area contributed by atoms with Gasteiger partial charge >= 0.3 is 0 Å². The summed E-state index contributed by atoms with van der Waals surface area (Å²) < 4.78 is 0. The number of carbonyl (C=O) groups excluding carboxylic acids is 1. The summed E-state index contributed by atoms with van der Waals surface area (Å²) in [6, 6.07) is 8.31. The molecule has 0 N–H and O–H groups in total. The summed E-state index contributed by atoms with van der Waals surface area (Å²) >= 11 is 0. The van der Waals surface area contributed by atoms with E-state index in [0.29, 0.717) is 11.5 Å². The van der Waals surface area contributed by atoms with Crippen LogP contribution in [-0.4, -0.2) is 23.3 Å². The van der Waals surface area contributed by atoms with Gasteiger partial charge in [0.25, 0.3) is 0 Å². The van der Waals surface area contributed by atoms with Gasteiger partial charge in [0.1, 0.15) is 0 Å². The van der Waals surface area contributed by atoms with Gasteiger partial charge in [-0.1, -0.05) is 29.8 Å². The first-order chi connectivity index (χ1) is 8.69. The number of aldehydes is 1. The van der Waals surface area contributed by atoms with Gasteiger partial charge in [-0.3, -0.25) is 4.79 Å². The van der Waals surface area contributed by atoms with E-state index in [1.807, 2.05) is 18.0 Å². The normalized spacial score (nSPS) is 10.1. The molecule has 0 spiro atoms. The molecule has 1 aromatic carbocycles. The molecular formula is C14H15N3O. The molecule has 0 aliphatic heterocycles. The Bertz CT molecular complexity index is 537. The Hall–Kier alpha value is -2.23. The second-order valence-electron chi connectivity index (χ2n) is 4.28. The van der Waals surface area contributed by atoms with Crippen LogP contribution >= 0.6 is 0 Å². The van der Waals surface area contributed by atoms with Gasteiger partial charge in [-0.05, 0) is 12.5 Å². The van der Waals surface area contributed by atoms with Crippen LogP contribution in [-0.2, 0) is 6.54 Å². The number of aromatic nitrogens is 2. The van der Waals surface area contributed by atoms with Crippen LogP contribution in [0.4, 0.5) is 5.95 Å². The van der Waals surface area contributed by atoms with Gasteiger partial charge in [-0.15, -0.1) is 0 Å². The average Bonchev–Trinajstić information content (AvgIpc) is 2.39. The topological polar surface area (TPSA) is 46.1 Å². The van der Waals surface area contributed by atoms with Gasteiger partial charge in [0.05, 0.1) is 5.56 Å². The molecule has 0 saturated carbocycles. The highest BCUT2D eigenvalue weighted by atomic mass is 16.1. The molecule has 0 aliphatic carbocycles. The van der Waals surface area contributed by atoms with Crippen molar-refractivity contribution in [2.24, 2.45) is 0 Å². The molecule has 0 amide bonds. The molecule has 1 heterocycles. The number of hydrogen-bond donors (Lipinski definition) is 0. The number of anilines is 1. The van der Waals surface area contributed by atoms with Gasteiger partial charge in [0, 0.05) is 26.0 Å². The second-order valence-corrected chi connectivity index (χ2v) is 4.28. The minimum absolute atomic E-state index is 0.489. The van der Waals surface area contributed by atoms with Crippen molar-refractivity contribution in [3.8, 4) is 0 Å². The largest absolute Gasteiger partial charge is 0.340 e. The summed E-state index contributed by atoms with van der Waals surface area (Å²) in [5.74, 6) is 0.613. The molecular weight excluding hydrogens is 226 g/mol. The van der Waals surface area contributed by atoms with Crippen LogP contribution in [0.1, 0.15) is 21.5 Å². The number of aryl methyl sites for hydroxylation is 1. The molecule has 92 valence electrons. The Kier molecular flexibility index (Phi) is 3.67. The zero-order valence-electron chi connectivity index (χ0n) is 10.5.